The Morgan fingerprint density at radius 1 is 1.38 bits per heavy atom. The van der Waals surface area contributed by atoms with E-state index in [1.807, 2.05) is 0 Å². The number of halogens is 5. The summed E-state index contributed by atoms with van der Waals surface area (Å²) in [5, 5.41) is 0. The lowest BCUT2D eigenvalue weighted by atomic mass is 10.0. The molecule has 1 heterocycles. The lowest BCUT2D eigenvalue weighted by molar-refractivity contribution is -0.197. The van der Waals surface area contributed by atoms with Crippen molar-refractivity contribution in [1.29, 1.82) is 0 Å². The third kappa shape index (κ3) is 1.89. The summed E-state index contributed by atoms with van der Waals surface area (Å²) < 4.78 is 59.0. The van der Waals surface area contributed by atoms with Gasteiger partial charge < -0.3 is 4.90 Å². The summed E-state index contributed by atoms with van der Waals surface area (Å²) in [6.45, 7) is -0.243. The molecule has 1 saturated heterocycles. The predicted octanol–water partition coefficient (Wildman–Crippen LogP) is 1.41. The molecule has 1 amide bonds. The normalized spacial score (nSPS) is 23.2. The fourth-order valence-corrected chi connectivity index (χ4v) is 1.08. The van der Waals surface area contributed by atoms with Crippen molar-refractivity contribution >= 4 is 5.91 Å². The summed E-state index contributed by atoms with van der Waals surface area (Å²) in [6, 6.07) is -1.56. The second-order valence-corrected chi connectivity index (χ2v) is 2.69. The number of likely N-dealkylation sites (tertiary alicyclic amines) is 1. The first-order chi connectivity index (χ1) is 5.84. The minimum Gasteiger partial charge on any atom is -0.326 e. The van der Waals surface area contributed by atoms with Gasteiger partial charge in [-0.2, -0.15) is 13.2 Å². The molecule has 0 saturated carbocycles. The molecule has 13 heavy (non-hydrogen) atoms. The Kier molecular flexibility index (Phi) is 2.44. The number of carbonyl (C=O) groups excluding carboxylic acids is 1. The molecule has 1 atom stereocenters. The van der Waals surface area contributed by atoms with Crippen LogP contribution in [0.2, 0.25) is 0 Å². The quantitative estimate of drug-likeness (QED) is 0.590. The molecule has 1 rings (SSSR count). The summed E-state index contributed by atoms with van der Waals surface area (Å²) in [5.41, 5.74) is 0. The molecule has 1 fully saturated rings. The van der Waals surface area contributed by atoms with E-state index in [1.165, 1.54) is 0 Å². The topological polar surface area (TPSA) is 20.3 Å². The monoisotopic (exact) mass is 203 g/mol. The number of alkyl halides is 5. The maximum Gasteiger partial charge on any atom is 0.471 e. The first-order valence-corrected chi connectivity index (χ1v) is 3.50. The van der Waals surface area contributed by atoms with E-state index < -0.39 is 24.6 Å². The summed E-state index contributed by atoms with van der Waals surface area (Å²) in [6.07, 6.45) is -8.02. The van der Waals surface area contributed by atoms with E-state index in [9.17, 15) is 26.7 Å². The minimum atomic E-state index is -5.05. The molecule has 0 spiro atoms. The largest absolute Gasteiger partial charge is 0.471 e. The molecule has 0 aromatic carbocycles. The smallest absolute Gasteiger partial charge is 0.326 e. The first kappa shape index (κ1) is 10.2. The second-order valence-electron chi connectivity index (χ2n) is 2.69. The molecule has 0 aromatic rings. The lowest BCUT2D eigenvalue weighted by Gasteiger charge is -2.40. The molecule has 76 valence electrons. The standard InChI is InChI=1S/C6H6F5NO/c7-4(8)3-1-2-12(3)5(13)6(9,10)11/h3-4H,1-2H2. The van der Waals surface area contributed by atoms with Crippen LogP contribution in [-0.4, -0.2) is 36.0 Å². The van der Waals surface area contributed by atoms with Crippen LogP contribution < -0.4 is 0 Å². The molecule has 1 unspecified atom stereocenters. The Bertz CT molecular complexity index is 214. The Morgan fingerprint density at radius 3 is 2.15 bits per heavy atom. The Balaban J connectivity index is 2.60. The van der Waals surface area contributed by atoms with E-state index in [2.05, 4.69) is 0 Å². The van der Waals surface area contributed by atoms with Crippen LogP contribution in [0.4, 0.5) is 22.0 Å². The number of carbonyl (C=O) groups is 1. The van der Waals surface area contributed by atoms with E-state index in [4.69, 9.17) is 0 Å². The molecule has 0 aromatic heterocycles. The average molecular weight is 203 g/mol. The molecule has 0 N–H and O–H groups in total. The maximum atomic E-state index is 11.9. The third-order valence-corrected chi connectivity index (χ3v) is 1.86. The zero-order chi connectivity index (χ0) is 10.2. The van der Waals surface area contributed by atoms with Gasteiger partial charge in [0, 0.05) is 6.54 Å². The van der Waals surface area contributed by atoms with Crippen molar-refractivity contribution in [2.24, 2.45) is 0 Å². The summed E-state index contributed by atoms with van der Waals surface area (Å²) >= 11 is 0. The average Bonchev–Trinajstić information content (AvgIpc) is 1.80. The maximum absolute atomic E-state index is 11.9. The van der Waals surface area contributed by atoms with Crippen LogP contribution >= 0.6 is 0 Å². The molecular weight excluding hydrogens is 197 g/mol. The molecule has 7 heteroatoms. The van der Waals surface area contributed by atoms with Gasteiger partial charge >= 0.3 is 12.1 Å². The van der Waals surface area contributed by atoms with Crippen LogP contribution in [0.3, 0.4) is 0 Å². The number of amides is 1. The summed E-state index contributed by atoms with van der Waals surface area (Å²) in [7, 11) is 0. The van der Waals surface area contributed by atoms with Crippen LogP contribution in [0, 0.1) is 0 Å². The number of nitrogens with zero attached hydrogens (tertiary/aromatic N) is 1. The van der Waals surface area contributed by atoms with E-state index in [0.29, 0.717) is 0 Å². The predicted molar refractivity (Wildman–Crippen MR) is 32.2 cm³/mol. The van der Waals surface area contributed by atoms with Crippen LogP contribution in [0.15, 0.2) is 0 Å². The van der Waals surface area contributed by atoms with Gasteiger partial charge in [0.2, 0.25) is 0 Å². The van der Waals surface area contributed by atoms with Gasteiger partial charge in [0.1, 0.15) is 0 Å². The Hall–Kier alpha value is -0.880. The molecule has 1 aliphatic heterocycles. The summed E-state index contributed by atoms with van der Waals surface area (Å²) in [5.74, 6) is -2.18. The fourth-order valence-electron chi connectivity index (χ4n) is 1.08. The van der Waals surface area contributed by atoms with Crippen molar-refractivity contribution in [3.05, 3.63) is 0 Å². The SMILES string of the molecule is O=C(N1CCC1C(F)F)C(F)(F)F. The molecule has 0 bridgehead atoms. The van der Waals surface area contributed by atoms with Gasteiger partial charge in [-0.15, -0.1) is 0 Å². The van der Waals surface area contributed by atoms with E-state index in [-0.39, 0.29) is 17.9 Å². The zero-order valence-corrected chi connectivity index (χ0v) is 6.31. The van der Waals surface area contributed by atoms with Crippen molar-refractivity contribution in [3.63, 3.8) is 0 Å². The highest BCUT2D eigenvalue weighted by atomic mass is 19.4. The van der Waals surface area contributed by atoms with Crippen molar-refractivity contribution < 1.29 is 26.7 Å². The van der Waals surface area contributed by atoms with Crippen LogP contribution in [0.5, 0.6) is 0 Å². The van der Waals surface area contributed by atoms with Crippen LogP contribution in [0.25, 0.3) is 0 Å². The molecular formula is C6H6F5NO. The van der Waals surface area contributed by atoms with Gasteiger partial charge in [0.25, 0.3) is 6.43 Å². The zero-order valence-electron chi connectivity index (χ0n) is 6.31. The number of hydrogen-bond acceptors (Lipinski definition) is 1. The third-order valence-electron chi connectivity index (χ3n) is 1.86. The van der Waals surface area contributed by atoms with Gasteiger partial charge in [-0.3, -0.25) is 4.79 Å². The van der Waals surface area contributed by atoms with E-state index >= 15 is 0 Å². The minimum absolute atomic E-state index is 0.0700. The number of rotatable bonds is 1. The lowest BCUT2D eigenvalue weighted by Crippen LogP contribution is -2.58. The molecule has 0 aliphatic carbocycles. The molecule has 1 aliphatic rings. The van der Waals surface area contributed by atoms with Gasteiger partial charge in [0.05, 0.1) is 6.04 Å². The highest BCUT2D eigenvalue weighted by Gasteiger charge is 2.49. The van der Waals surface area contributed by atoms with Gasteiger partial charge in [-0.25, -0.2) is 8.78 Å². The van der Waals surface area contributed by atoms with E-state index in [0.717, 1.165) is 0 Å². The second kappa shape index (κ2) is 3.12. The van der Waals surface area contributed by atoms with Gasteiger partial charge in [-0.05, 0) is 6.42 Å². The Morgan fingerprint density at radius 2 is 1.92 bits per heavy atom. The van der Waals surface area contributed by atoms with E-state index in [1.54, 1.807) is 0 Å². The fraction of sp³-hybridized carbons (Fsp3) is 0.833. The van der Waals surface area contributed by atoms with Gasteiger partial charge in [0.15, 0.2) is 0 Å². The van der Waals surface area contributed by atoms with Gasteiger partial charge in [-0.1, -0.05) is 0 Å². The molecule has 0 radical (unpaired) electrons. The Labute approximate surface area is 70.3 Å². The highest BCUT2D eigenvalue weighted by Crippen LogP contribution is 2.29. The van der Waals surface area contributed by atoms with Crippen molar-refractivity contribution in [2.45, 2.75) is 25.1 Å². The molecule has 2 nitrogen and oxygen atoms in total. The van der Waals surface area contributed by atoms with Crippen LogP contribution in [-0.2, 0) is 4.79 Å². The number of hydrogen-bond donors (Lipinski definition) is 0. The van der Waals surface area contributed by atoms with Crippen LogP contribution in [0.1, 0.15) is 6.42 Å². The highest BCUT2D eigenvalue weighted by molar-refractivity contribution is 5.82. The van der Waals surface area contributed by atoms with Crippen molar-refractivity contribution in [2.75, 3.05) is 6.54 Å². The summed E-state index contributed by atoms with van der Waals surface area (Å²) in [4.78, 5) is 10.6. The van der Waals surface area contributed by atoms with Crippen molar-refractivity contribution in [1.82, 2.24) is 4.90 Å². The van der Waals surface area contributed by atoms with Crippen molar-refractivity contribution in [3.8, 4) is 0 Å². The first-order valence-electron chi connectivity index (χ1n) is 3.50.